The van der Waals surface area contributed by atoms with Crippen molar-refractivity contribution in [3.63, 3.8) is 0 Å². The molecule has 0 spiro atoms. The second-order valence-electron chi connectivity index (χ2n) is 7.00. The number of phenolic OH excluding ortho intramolecular Hbond substituents is 1. The number of carbonyl (C=O) groups excluding carboxylic acids is 1. The number of amides is 1. The molecule has 1 amide bonds. The van der Waals surface area contributed by atoms with Crippen LogP contribution in [0.3, 0.4) is 0 Å². The number of para-hydroxylation sites is 2. The number of thioether (sulfide) groups is 1. The van der Waals surface area contributed by atoms with Crippen molar-refractivity contribution in [3.05, 3.63) is 89.2 Å². The second kappa shape index (κ2) is 9.93. The van der Waals surface area contributed by atoms with Gasteiger partial charge < -0.3 is 19.7 Å². The van der Waals surface area contributed by atoms with E-state index in [2.05, 4.69) is 5.10 Å². The van der Waals surface area contributed by atoms with Gasteiger partial charge in [0.2, 0.25) is 0 Å². The van der Waals surface area contributed by atoms with Crippen molar-refractivity contribution < 1.29 is 28.9 Å². The molecule has 0 bridgehead atoms. The molecule has 33 heavy (non-hydrogen) atoms. The molecule has 9 heteroatoms. The summed E-state index contributed by atoms with van der Waals surface area (Å²) in [6.07, 6.45) is 0. The number of methoxy groups -OCH3 is 1. The fourth-order valence-corrected chi connectivity index (χ4v) is 4.56. The monoisotopic (exact) mass is 468 g/mol. The summed E-state index contributed by atoms with van der Waals surface area (Å²) in [4.78, 5) is 13.4. The van der Waals surface area contributed by atoms with E-state index < -0.39 is 11.3 Å². The van der Waals surface area contributed by atoms with Crippen molar-refractivity contribution >= 4 is 22.7 Å². The van der Waals surface area contributed by atoms with Crippen molar-refractivity contribution in [2.24, 2.45) is 5.10 Å². The maximum Gasteiger partial charge on any atom is 0.279 e. The number of aromatic hydroxyl groups is 1. The Morgan fingerprint density at radius 1 is 1.12 bits per heavy atom. The van der Waals surface area contributed by atoms with E-state index in [0.717, 1.165) is 0 Å². The van der Waals surface area contributed by atoms with Crippen LogP contribution in [-0.4, -0.2) is 46.5 Å². The molecule has 1 heterocycles. The van der Waals surface area contributed by atoms with E-state index in [0.29, 0.717) is 27.7 Å². The third-order valence-electron chi connectivity index (χ3n) is 4.91. The number of hydrogen-bond donors (Lipinski definition) is 2. The third-order valence-corrected chi connectivity index (χ3v) is 6.12. The standard InChI is InChI=1S/C24H21FN2O5S/c1-31-21-18(6-4-8-20(21)32-14-13-28)24-27(23(30)17-5-2-3-7-19(17)29)26-22(33-24)15-9-11-16(25)12-10-15/h2-12,24,28-29H,13-14H2,1H3. The predicted molar refractivity (Wildman–Crippen MR) is 123 cm³/mol. The zero-order chi connectivity index (χ0) is 23.4. The molecule has 0 aromatic heterocycles. The Bertz CT molecular complexity index is 1190. The highest BCUT2D eigenvalue weighted by Crippen LogP contribution is 2.47. The number of halogens is 1. The lowest BCUT2D eigenvalue weighted by Crippen LogP contribution is -2.26. The first-order valence-electron chi connectivity index (χ1n) is 10.1. The van der Waals surface area contributed by atoms with Gasteiger partial charge in [0, 0.05) is 11.1 Å². The summed E-state index contributed by atoms with van der Waals surface area (Å²) in [7, 11) is 1.49. The van der Waals surface area contributed by atoms with Gasteiger partial charge in [0.25, 0.3) is 5.91 Å². The number of ether oxygens (including phenoxy) is 2. The molecule has 1 atom stereocenters. The highest BCUT2D eigenvalue weighted by atomic mass is 32.2. The van der Waals surface area contributed by atoms with Crippen molar-refractivity contribution in [2.75, 3.05) is 20.3 Å². The first-order chi connectivity index (χ1) is 16.0. The van der Waals surface area contributed by atoms with Crippen LogP contribution in [0.1, 0.15) is 26.9 Å². The number of rotatable bonds is 7. The molecule has 1 unspecified atom stereocenters. The van der Waals surface area contributed by atoms with Gasteiger partial charge in [0.05, 0.1) is 19.3 Å². The maximum absolute atomic E-state index is 13.4. The van der Waals surface area contributed by atoms with E-state index >= 15 is 0 Å². The first-order valence-corrected chi connectivity index (χ1v) is 10.9. The Hall–Kier alpha value is -3.56. The van der Waals surface area contributed by atoms with Crippen LogP contribution in [0, 0.1) is 5.82 Å². The molecule has 0 fully saturated rings. The van der Waals surface area contributed by atoms with Crippen molar-refractivity contribution in [1.29, 1.82) is 0 Å². The predicted octanol–water partition coefficient (Wildman–Crippen LogP) is 4.16. The van der Waals surface area contributed by atoms with Gasteiger partial charge in [-0.15, -0.1) is 0 Å². The molecular formula is C24H21FN2O5S. The lowest BCUT2D eigenvalue weighted by Gasteiger charge is -2.24. The number of benzene rings is 3. The summed E-state index contributed by atoms with van der Waals surface area (Å²) < 4.78 is 24.6. The second-order valence-corrected chi connectivity index (χ2v) is 8.07. The Morgan fingerprint density at radius 3 is 2.58 bits per heavy atom. The molecule has 3 aromatic carbocycles. The minimum Gasteiger partial charge on any atom is -0.507 e. The fourth-order valence-electron chi connectivity index (χ4n) is 3.39. The largest absolute Gasteiger partial charge is 0.507 e. The maximum atomic E-state index is 13.4. The van der Waals surface area contributed by atoms with Crippen LogP contribution in [0.4, 0.5) is 4.39 Å². The fraction of sp³-hybridized carbons (Fsp3) is 0.167. The summed E-state index contributed by atoms with van der Waals surface area (Å²) in [6.45, 7) is -0.0865. The molecule has 4 rings (SSSR count). The normalized spacial score (nSPS) is 15.3. The smallest absolute Gasteiger partial charge is 0.279 e. The molecule has 0 saturated carbocycles. The molecule has 0 saturated heterocycles. The minimum atomic E-state index is -0.648. The number of hydrogen-bond acceptors (Lipinski definition) is 7. The molecule has 170 valence electrons. The molecule has 1 aliphatic rings. The Morgan fingerprint density at radius 2 is 1.88 bits per heavy atom. The van der Waals surface area contributed by atoms with Crippen LogP contribution in [0.2, 0.25) is 0 Å². The molecular weight excluding hydrogens is 447 g/mol. The lowest BCUT2D eigenvalue weighted by molar-refractivity contribution is 0.0744. The van der Waals surface area contributed by atoms with Crippen molar-refractivity contribution in [2.45, 2.75) is 5.37 Å². The molecule has 3 aromatic rings. The van der Waals surface area contributed by atoms with E-state index in [1.165, 1.54) is 48.1 Å². The summed E-state index contributed by atoms with van der Waals surface area (Å²) in [5.74, 6) is -0.240. The number of phenols is 1. The van der Waals surface area contributed by atoms with Crippen LogP contribution < -0.4 is 9.47 Å². The van der Waals surface area contributed by atoms with Gasteiger partial charge in [-0.2, -0.15) is 5.10 Å². The van der Waals surface area contributed by atoms with Crippen molar-refractivity contribution in [1.82, 2.24) is 5.01 Å². The zero-order valence-electron chi connectivity index (χ0n) is 17.6. The first kappa shape index (κ1) is 22.6. The van der Waals surface area contributed by atoms with Crippen LogP contribution in [0.5, 0.6) is 17.2 Å². The highest BCUT2D eigenvalue weighted by molar-refractivity contribution is 8.14. The molecule has 1 aliphatic heterocycles. The van der Waals surface area contributed by atoms with E-state index in [-0.39, 0.29) is 30.3 Å². The van der Waals surface area contributed by atoms with Gasteiger partial charge in [-0.3, -0.25) is 4.79 Å². The summed E-state index contributed by atoms with van der Waals surface area (Å²) in [6, 6.07) is 17.3. The van der Waals surface area contributed by atoms with Gasteiger partial charge in [-0.05, 0) is 42.5 Å². The summed E-state index contributed by atoms with van der Waals surface area (Å²) in [5.41, 5.74) is 1.35. The average Bonchev–Trinajstić information content (AvgIpc) is 3.28. The molecule has 0 radical (unpaired) electrons. The number of carbonyl (C=O) groups is 1. The highest BCUT2D eigenvalue weighted by Gasteiger charge is 2.37. The van der Waals surface area contributed by atoms with Crippen LogP contribution in [0.15, 0.2) is 71.8 Å². The van der Waals surface area contributed by atoms with Crippen LogP contribution in [0.25, 0.3) is 0 Å². The molecule has 0 aliphatic carbocycles. The number of aliphatic hydroxyl groups excluding tert-OH is 1. The number of aliphatic hydroxyl groups is 1. The molecule has 2 N–H and O–H groups in total. The summed E-state index contributed by atoms with van der Waals surface area (Å²) >= 11 is 1.29. The number of nitrogens with zero attached hydrogens (tertiary/aromatic N) is 2. The van der Waals surface area contributed by atoms with E-state index in [9.17, 15) is 14.3 Å². The van der Waals surface area contributed by atoms with E-state index in [1.807, 2.05) is 0 Å². The topological polar surface area (TPSA) is 91.6 Å². The van der Waals surface area contributed by atoms with E-state index in [1.54, 1.807) is 42.5 Å². The lowest BCUT2D eigenvalue weighted by atomic mass is 10.1. The molecule has 7 nitrogen and oxygen atoms in total. The quantitative estimate of drug-likeness (QED) is 0.541. The van der Waals surface area contributed by atoms with Crippen molar-refractivity contribution in [3.8, 4) is 17.2 Å². The van der Waals surface area contributed by atoms with Crippen LogP contribution in [-0.2, 0) is 0 Å². The number of hydrazone groups is 1. The van der Waals surface area contributed by atoms with Gasteiger partial charge >= 0.3 is 0 Å². The third kappa shape index (κ3) is 4.64. The van der Waals surface area contributed by atoms with Gasteiger partial charge in [0.1, 0.15) is 28.6 Å². The van der Waals surface area contributed by atoms with Gasteiger partial charge in [-0.1, -0.05) is 36.0 Å². The zero-order valence-corrected chi connectivity index (χ0v) is 18.5. The van der Waals surface area contributed by atoms with Gasteiger partial charge in [-0.25, -0.2) is 9.40 Å². The SMILES string of the molecule is COc1c(OCCO)cccc1C1SC(c2ccc(F)cc2)=NN1C(=O)c1ccccc1O. The van der Waals surface area contributed by atoms with E-state index in [4.69, 9.17) is 14.6 Å². The Labute approximate surface area is 194 Å². The average molecular weight is 469 g/mol. The Balaban J connectivity index is 1.78. The minimum absolute atomic E-state index is 0.0789. The summed E-state index contributed by atoms with van der Waals surface area (Å²) in [5, 5.41) is 25.0. The van der Waals surface area contributed by atoms with Gasteiger partial charge in [0.15, 0.2) is 11.5 Å². The Kier molecular flexibility index (Phi) is 6.81. The van der Waals surface area contributed by atoms with Crippen LogP contribution >= 0.6 is 11.8 Å².